The van der Waals surface area contributed by atoms with Gasteiger partial charge in [-0.1, -0.05) is 51.1 Å². The summed E-state index contributed by atoms with van der Waals surface area (Å²) in [6.07, 6.45) is 4.74. The number of nitrogens with one attached hydrogen (secondary N) is 3. The van der Waals surface area contributed by atoms with E-state index >= 15 is 0 Å². The molecule has 5 rings (SSSR count). The molecule has 0 atom stereocenters. The molecule has 5 aromatic rings. The van der Waals surface area contributed by atoms with Crippen LogP contribution in [0.4, 0.5) is 33.5 Å². The molecule has 1 aromatic heterocycles. The summed E-state index contributed by atoms with van der Waals surface area (Å²) < 4.78 is 41.5. The third-order valence-electron chi connectivity index (χ3n) is 7.37. The predicted molar refractivity (Wildman–Crippen MR) is 201 cm³/mol. The maximum atomic E-state index is 13.4. The second-order valence-electron chi connectivity index (χ2n) is 13.2. The molecule has 0 spiro atoms. The number of carbonyl (C=O) groups is 1. The molecule has 256 valence electrons. The second kappa shape index (κ2) is 13.9. The van der Waals surface area contributed by atoms with Crippen LogP contribution < -0.4 is 30.7 Å². The fraction of sp³-hybridized carbons (Fsp3) is 0.250. The van der Waals surface area contributed by atoms with Gasteiger partial charge in [-0.2, -0.15) is 9.35 Å². The molecule has 0 saturated carbocycles. The van der Waals surface area contributed by atoms with Gasteiger partial charge in [-0.15, -0.1) is 0 Å². The molecular formula is C36H41N6O5PS. The quantitative estimate of drug-likeness (QED) is 0.130. The van der Waals surface area contributed by atoms with E-state index < -0.39 is 22.9 Å². The minimum atomic E-state index is -2.74. The zero-order valence-electron chi connectivity index (χ0n) is 28.8. The fourth-order valence-corrected chi connectivity index (χ4v) is 6.87. The molecule has 4 aromatic carbocycles. The Labute approximate surface area is 287 Å². The Kier molecular flexibility index (Phi) is 10.0. The van der Waals surface area contributed by atoms with Gasteiger partial charge in [0.15, 0.2) is 5.75 Å². The van der Waals surface area contributed by atoms with Gasteiger partial charge >= 0.3 is 6.03 Å². The molecule has 0 bridgehead atoms. The van der Waals surface area contributed by atoms with E-state index in [1.165, 1.54) is 7.11 Å². The lowest BCUT2D eigenvalue weighted by molar-refractivity contribution is 0.262. The highest BCUT2D eigenvalue weighted by Gasteiger charge is 2.26. The van der Waals surface area contributed by atoms with Gasteiger partial charge in [0, 0.05) is 51.0 Å². The fourth-order valence-electron chi connectivity index (χ4n) is 5.09. The summed E-state index contributed by atoms with van der Waals surface area (Å²) in [7, 11) is -3.55. The van der Waals surface area contributed by atoms with E-state index in [2.05, 4.69) is 51.1 Å². The lowest BCUT2D eigenvalue weighted by Gasteiger charge is -2.25. The predicted octanol–water partition coefficient (Wildman–Crippen LogP) is 8.72. The van der Waals surface area contributed by atoms with E-state index in [-0.39, 0.29) is 5.41 Å². The van der Waals surface area contributed by atoms with Crippen molar-refractivity contribution in [1.29, 1.82) is 0 Å². The number of urea groups is 1. The average Bonchev–Trinajstić information content (AvgIpc) is 3.00. The monoisotopic (exact) mass is 700 g/mol. The molecule has 0 aliphatic rings. The molecule has 0 radical (unpaired) electrons. The number of methoxy groups -OCH3 is 1. The van der Waals surface area contributed by atoms with Crippen molar-refractivity contribution in [3.8, 4) is 17.4 Å². The molecule has 0 fully saturated rings. The van der Waals surface area contributed by atoms with Gasteiger partial charge in [-0.3, -0.25) is 0 Å². The molecule has 0 aliphatic heterocycles. The maximum absolute atomic E-state index is 13.4. The molecule has 3 N–H and O–H groups in total. The molecule has 0 aliphatic carbocycles. The second-order valence-corrected chi connectivity index (χ2v) is 18.9. The van der Waals surface area contributed by atoms with Crippen molar-refractivity contribution in [1.82, 2.24) is 9.97 Å². The standard InChI is InChI=1S/C36H41N6O5PS/c1-36(2,3)23-20-29(33(46-4)31(21-23)48(5,6)44)40-35(43)39-28-16-17-30(27-15-10-9-14-26(27)28)47-32-18-19-37-34(41-32)38-24-12-11-13-25(22-24)42-49(7,8)45/h9-22H,1-8H3,(H,37,38,41)(H2,39,40,43). The summed E-state index contributed by atoms with van der Waals surface area (Å²) in [6, 6.07) is 23.2. The van der Waals surface area contributed by atoms with Gasteiger partial charge in [0.25, 0.3) is 0 Å². The van der Waals surface area contributed by atoms with Crippen LogP contribution in [0.2, 0.25) is 0 Å². The van der Waals surface area contributed by atoms with Crippen LogP contribution in [-0.4, -0.2) is 53.2 Å². The zero-order chi connectivity index (χ0) is 35.6. The Morgan fingerprint density at radius 3 is 2.29 bits per heavy atom. The number of amides is 2. The summed E-state index contributed by atoms with van der Waals surface area (Å²) in [4.78, 5) is 22.3. The van der Waals surface area contributed by atoms with Crippen molar-refractivity contribution >= 4 is 67.7 Å². The van der Waals surface area contributed by atoms with Gasteiger partial charge < -0.3 is 30.0 Å². The molecule has 0 saturated heterocycles. The van der Waals surface area contributed by atoms with E-state index in [9.17, 15) is 13.6 Å². The highest BCUT2D eigenvalue weighted by Crippen LogP contribution is 2.43. The summed E-state index contributed by atoms with van der Waals surface area (Å²) in [5.41, 5.74) is 2.91. The van der Waals surface area contributed by atoms with Crippen molar-refractivity contribution in [2.24, 2.45) is 4.36 Å². The van der Waals surface area contributed by atoms with Gasteiger partial charge in [0.1, 0.15) is 12.9 Å². The minimum absolute atomic E-state index is 0.257. The lowest BCUT2D eigenvalue weighted by Crippen LogP contribution is -2.23. The third kappa shape index (κ3) is 8.95. The van der Waals surface area contributed by atoms with Crippen LogP contribution >= 0.6 is 7.14 Å². The van der Waals surface area contributed by atoms with Crippen LogP contribution in [0, 0.1) is 0 Å². The number of benzene rings is 4. The first kappa shape index (κ1) is 35.4. The number of fused-ring (bicyclic) bond motifs is 1. The number of anilines is 4. The van der Waals surface area contributed by atoms with Crippen LogP contribution in [0.25, 0.3) is 10.8 Å². The van der Waals surface area contributed by atoms with E-state index in [1.807, 2.05) is 42.5 Å². The molecule has 13 heteroatoms. The van der Waals surface area contributed by atoms with Crippen molar-refractivity contribution in [3.05, 3.63) is 90.6 Å². The van der Waals surface area contributed by atoms with Crippen molar-refractivity contribution in [2.45, 2.75) is 26.2 Å². The Bertz CT molecular complexity index is 2210. The summed E-state index contributed by atoms with van der Waals surface area (Å²) >= 11 is 0. The van der Waals surface area contributed by atoms with Crippen LogP contribution in [0.3, 0.4) is 0 Å². The maximum Gasteiger partial charge on any atom is 0.323 e. The number of hydrogen-bond acceptors (Lipinski definition) is 9. The van der Waals surface area contributed by atoms with Gasteiger partial charge in [0.05, 0.1) is 29.5 Å². The van der Waals surface area contributed by atoms with E-state index in [0.717, 1.165) is 16.3 Å². The Morgan fingerprint density at radius 2 is 1.61 bits per heavy atom. The van der Waals surface area contributed by atoms with E-state index in [1.54, 1.807) is 68.4 Å². The Hall–Kier alpha value is -4.93. The van der Waals surface area contributed by atoms with E-state index in [4.69, 9.17) is 9.47 Å². The van der Waals surface area contributed by atoms with Crippen molar-refractivity contribution in [2.75, 3.05) is 48.9 Å². The number of rotatable bonds is 9. The molecule has 11 nitrogen and oxygen atoms in total. The minimum Gasteiger partial charge on any atom is -0.494 e. The normalized spacial score (nSPS) is 11.9. The topological polar surface area (TPSA) is 144 Å². The first-order chi connectivity index (χ1) is 23.0. The average molecular weight is 701 g/mol. The van der Waals surface area contributed by atoms with Gasteiger partial charge in [-0.05, 0) is 66.8 Å². The van der Waals surface area contributed by atoms with Crippen LogP contribution in [-0.2, 0) is 19.7 Å². The molecule has 2 amide bonds. The highest BCUT2D eigenvalue weighted by atomic mass is 32.2. The lowest BCUT2D eigenvalue weighted by atomic mass is 9.86. The SMILES string of the molecule is COc1c(NC(=O)Nc2ccc(Oc3ccnc(Nc4cccc(N=S(C)(C)=O)c4)n3)c3ccccc23)cc(C(C)(C)C)cc1P(C)(C)=O. The number of carbonyl (C=O) groups excluding carboxylic acids is 1. The Balaban J connectivity index is 1.39. The molecular weight excluding hydrogens is 659 g/mol. The van der Waals surface area contributed by atoms with Crippen LogP contribution in [0.1, 0.15) is 26.3 Å². The third-order valence-corrected chi connectivity index (χ3v) is 9.52. The molecule has 1 heterocycles. The first-order valence-electron chi connectivity index (χ1n) is 15.4. The highest BCUT2D eigenvalue weighted by molar-refractivity contribution is 7.92. The summed E-state index contributed by atoms with van der Waals surface area (Å²) in [5, 5.41) is 11.1. The van der Waals surface area contributed by atoms with Crippen LogP contribution in [0.5, 0.6) is 17.4 Å². The number of hydrogen-bond donors (Lipinski definition) is 3. The molecule has 49 heavy (non-hydrogen) atoms. The van der Waals surface area contributed by atoms with Gasteiger partial charge in [0.2, 0.25) is 11.8 Å². The smallest absolute Gasteiger partial charge is 0.323 e. The van der Waals surface area contributed by atoms with E-state index in [0.29, 0.717) is 51.4 Å². The summed E-state index contributed by atoms with van der Waals surface area (Å²) in [5.74, 6) is 1.51. The van der Waals surface area contributed by atoms with Gasteiger partial charge in [-0.25, -0.2) is 14.0 Å². The zero-order valence-corrected chi connectivity index (χ0v) is 30.5. The largest absolute Gasteiger partial charge is 0.494 e. The summed E-state index contributed by atoms with van der Waals surface area (Å²) in [6.45, 7) is 9.54. The Morgan fingerprint density at radius 1 is 0.898 bits per heavy atom. The first-order valence-corrected chi connectivity index (χ1v) is 20.4. The number of nitrogens with zero attached hydrogens (tertiary/aromatic N) is 3. The molecule has 0 unspecified atom stereocenters. The number of ether oxygens (including phenoxy) is 2. The van der Waals surface area contributed by atoms with Crippen molar-refractivity contribution in [3.63, 3.8) is 0 Å². The van der Waals surface area contributed by atoms with Crippen molar-refractivity contribution < 1.29 is 23.0 Å². The van der Waals surface area contributed by atoms with Crippen LogP contribution in [0.15, 0.2) is 89.4 Å². The number of aromatic nitrogens is 2.